The van der Waals surface area contributed by atoms with E-state index < -0.39 is 0 Å². The molecule has 0 atom stereocenters. The molecule has 0 spiro atoms. The number of H-pyrrole nitrogens is 1. The second kappa shape index (κ2) is 8.38. The molecule has 2 heterocycles. The van der Waals surface area contributed by atoms with E-state index >= 15 is 0 Å². The van der Waals surface area contributed by atoms with Gasteiger partial charge in [0.05, 0.1) is 16.8 Å². The minimum absolute atomic E-state index is 0.0335. The number of pyridine rings is 1. The van der Waals surface area contributed by atoms with E-state index in [0.29, 0.717) is 22.6 Å². The number of rotatable bonds is 5. The Kier molecular flexibility index (Phi) is 5.82. The number of aromatic amines is 1. The van der Waals surface area contributed by atoms with Gasteiger partial charge in [-0.3, -0.25) is 4.79 Å². The van der Waals surface area contributed by atoms with E-state index in [2.05, 4.69) is 31.9 Å². The molecular formula is C23H22BrClN4O. The SMILES string of the molecule is CN(C)CCN(C)C(=O)c1cc(-c2c[nH]c3ccc(Br)cc23)nc2cc(Cl)ccc12. The molecule has 7 heteroatoms. The lowest BCUT2D eigenvalue weighted by atomic mass is 10.0. The minimum Gasteiger partial charge on any atom is -0.360 e. The lowest BCUT2D eigenvalue weighted by Gasteiger charge is -2.21. The first kappa shape index (κ1) is 20.8. The van der Waals surface area contributed by atoms with Crippen molar-refractivity contribution >= 4 is 55.2 Å². The maximum atomic E-state index is 13.3. The van der Waals surface area contributed by atoms with Gasteiger partial charge in [0, 0.05) is 57.7 Å². The highest BCUT2D eigenvalue weighted by molar-refractivity contribution is 9.10. The van der Waals surface area contributed by atoms with Crippen LogP contribution in [0.3, 0.4) is 0 Å². The Labute approximate surface area is 188 Å². The Bertz CT molecular complexity index is 1250. The first-order valence-electron chi connectivity index (χ1n) is 9.61. The maximum Gasteiger partial charge on any atom is 0.254 e. The van der Waals surface area contributed by atoms with E-state index in [9.17, 15) is 4.79 Å². The van der Waals surface area contributed by atoms with Crippen molar-refractivity contribution in [2.75, 3.05) is 34.2 Å². The number of hydrogen-bond acceptors (Lipinski definition) is 3. The molecule has 0 fully saturated rings. The molecule has 5 nitrogen and oxygen atoms in total. The number of nitrogens with zero attached hydrogens (tertiary/aromatic N) is 3. The highest BCUT2D eigenvalue weighted by atomic mass is 79.9. The van der Waals surface area contributed by atoms with Crippen LogP contribution in [-0.4, -0.2) is 59.9 Å². The first-order valence-corrected chi connectivity index (χ1v) is 10.8. The molecule has 0 aliphatic rings. The number of likely N-dealkylation sites (N-methyl/N-ethyl adjacent to an activating group) is 2. The summed E-state index contributed by atoms with van der Waals surface area (Å²) in [6.45, 7) is 1.43. The van der Waals surface area contributed by atoms with Crippen molar-refractivity contribution in [1.29, 1.82) is 0 Å². The minimum atomic E-state index is -0.0335. The van der Waals surface area contributed by atoms with Crippen LogP contribution in [0.4, 0.5) is 0 Å². The Morgan fingerprint density at radius 1 is 1.07 bits per heavy atom. The lowest BCUT2D eigenvalue weighted by molar-refractivity contribution is 0.0788. The highest BCUT2D eigenvalue weighted by Crippen LogP contribution is 2.33. The summed E-state index contributed by atoms with van der Waals surface area (Å²) in [5, 5.41) is 2.43. The van der Waals surface area contributed by atoms with Crippen molar-refractivity contribution in [2.24, 2.45) is 0 Å². The lowest BCUT2D eigenvalue weighted by Crippen LogP contribution is -2.33. The Hall–Kier alpha value is -2.41. The van der Waals surface area contributed by atoms with Gasteiger partial charge >= 0.3 is 0 Å². The van der Waals surface area contributed by atoms with Crippen molar-refractivity contribution in [3.05, 3.63) is 63.7 Å². The molecule has 30 heavy (non-hydrogen) atoms. The number of benzene rings is 2. The van der Waals surface area contributed by atoms with Crippen molar-refractivity contribution in [1.82, 2.24) is 19.8 Å². The van der Waals surface area contributed by atoms with Gasteiger partial charge in [-0.2, -0.15) is 0 Å². The van der Waals surface area contributed by atoms with Crippen LogP contribution in [0.5, 0.6) is 0 Å². The van der Waals surface area contributed by atoms with Gasteiger partial charge in [0.2, 0.25) is 0 Å². The monoisotopic (exact) mass is 484 g/mol. The Morgan fingerprint density at radius 3 is 2.63 bits per heavy atom. The smallest absolute Gasteiger partial charge is 0.254 e. The normalized spacial score (nSPS) is 11.5. The third kappa shape index (κ3) is 4.08. The van der Waals surface area contributed by atoms with Crippen LogP contribution < -0.4 is 0 Å². The topological polar surface area (TPSA) is 52.2 Å². The third-order valence-corrected chi connectivity index (χ3v) is 5.88. The second-order valence-corrected chi connectivity index (χ2v) is 8.99. The fourth-order valence-electron chi connectivity index (χ4n) is 3.48. The molecule has 2 aromatic heterocycles. The number of aromatic nitrogens is 2. The highest BCUT2D eigenvalue weighted by Gasteiger charge is 2.19. The van der Waals surface area contributed by atoms with Crippen molar-refractivity contribution in [3.63, 3.8) is 0 Å². The summed E-state index contributed by atoms with van der Waals surface area (Å²) in [6.07, 6.45) is 1.93. The fraction of sp³-hybridized carbons (Fsp3) is 0.217. The maximum absolute atomic E-state index is 13.3. The summed E-state index contributed by atoms with van der Waals surface area (Å²) >= 11 is 9.78. The van der Waals surface area contributed by atoms with Gasteiger partial charge in [0.15, 0.2) is 0 Å². The fourth-order valence-corrected chi connectivity index (χ4v) is 4.01. The largest absolute Gasteiger partial charge is 0.360 e. The van der Waals surface area contributed by atoms with Crippen molar-refractivity contribution < 1.29 is 4.79 Å². The molecule has 1 amide bonds. The molecule has 1 N–H and O–H groups in total. The zero-order valence-electron chi connectivity index (χ0n) is 17.0. The van der Waals surface area contributed by atoms with Crippen molar-refractivity contribution in [3.8, 4) is 11.3 Å². The van der Waals surface area contributed by atoms with E-state index in [1.165, 1.54) is 0 Å². The average molecular weight is 486 g/mol. The number of carbonyl (C=O) groups is 1. The zero-order valence-corrected chi connectivity index (χ0v) is 19.4. The van der Waals surface area contributed by atoms with E-state index in [1.54, 1.807) is 11.0 Å². The zero-order chi connectivity index (χ0) is 21.4. The van der Waals surface area contributed by atoms with Crippen LogP contribution in [0.15, 0.2) is 53.1 Å². The molecular weight excluding hydrogens is 464 g/mol. The number of hydrogen-bond donors (Lipinski definition) is 1. The summed E-state index contributed by atoms with van der Waals surface area (Å²) in [5.41, 5.74) is 4.01. The van der Waals surface area contributed by atoms with Gasteiger partial charge in [-0.25, -0.2) is 4.98 Å². The molecule has 0 aliphatic carbocycles. The summed E-state index contributed by atoms with van der Waals surface area (Å²) in [4.78, 5) is 25.3. The van der Waals surface area contributed by atoms with Crippen LogP contribution in [0.1, 0.15) is 10.4 Å². The molecule has 4 aromatic rings. The van der Waals surface area contributed by atoms with E-state index in [0.717, 1.165) is 38.6 Å². The van der Waals surface area contributed by atoms with E-state index in [1.807, 2.05) is 57.7 Å². The number of fused-ring (bicyclic) bond motifs is 2. The van der Waals surface area contributed by atoms with Crippen LogP contribution in [0, 0.1) is 0 Å². The Morgan fingerprint density at radius 2 is 1.87 bits per heavy atom. The summed E-state index contributed by atoms with van der Waals surface area (Å²) in [7, 11) is 5.82. The molecule has 0 aliphatic heterocycles. The Balaban J connectivity index is 1.87. The predicted molar refractivity (Wildman–Crippen MR) is 127 cm³/mol. The number of halogens is 2. The molecule has 0 bridgehead atoms. The summed E-state index contributed by atoms with van der Waals surface area (Å²) in [6, 6.07) is 13.4. The van der Waals surface area contributed by atoms with Gasteiger partial charge in [-0.15, -0.1) is 0 Å². The number of nitrogens with one attached hydrogen (secondary N) is 1. The van der Waals surface area contributed by atoms with Gasteiger partial charge < -0.3 is 14.8 Å². The van der Waals surface area contributed by atoms with E-state index in [-0.39, 0.29) is 5.91 Å². The predicted octanol–water partition coefficient (Wildman–Crippen LogP) is 5.43. The average Bonchev–Trinajstić information content (AvgIpc) is 3.13. The molecule has 0 unspecified atom stereocenters. The quantitative estimate of drug-likeness (QED) is 0.410. The van der Waals surface area contributed by atoms with Crippen LogP contribution in [-0.2, 0) is 0 Å². The van der Waals surface area contributed by atoms with Crippen molar-refractivity contribution in [2.45, 2.75) is 0 Å². The number of carbonyl (C=O) groups excluding carboxylic acids is 1. The second-order valence-electron chi connectivity index (χ2n) is 7.64. The summed E-state index contributed by atoms with van der Waals surface area (Å²) in [5.74, 6) is -0.0335. The van der Waals surface area contributed by atoms with Crippen LogP contribution >= 0.6 is 27.5 Å². The molecule has 0 saturated heterocycles. The van der Waals surface area contributed by atoms with Crippen LogP contribution in [0.2, 0.25) is 5.02 Å². The van der Waals surface area contributed by atoms with Gasteiger partial charge in [0.25, 0.3) is 5.91 Å². The van der Waals surface area contributed by atoms with Gasteiger partial charge in [-0.05, 0) is 50.5 Å². The summed E-state index contributed by atoms with van der Waals surface area (Å²) < 4.78 is 0.986. The molecule has 4 rings (SSSR count). The third-order valence-electron chi connectivity index (χ3n) is 5.15. The molecule has 2 aromatic carbocycles. The number of amides is 1. The molecule has 154 valence electrons. The molecule has 0 radical (unpaired) electrons. The van der Waals surface area contributed by atoms with Gasteiger partial charge in [-0.1, -0.05) is 33.6 Å². The standard InChI is InChI=1S/C23H22BrClN4O/c1-28(2)8-9-29(3)23(30)18-12-22(27-21-11-15(25)5-6-16(18)21)19-13-26-20-7-4-14(24)10-17(19)20/h4-7,10-13,26H,8-9H2,1-3H3. The van der Waals surface area contributed by atoms with Crippen LogP contribution in [0.25, 0.3) is 33.1 Å². The molecule has 0 saturated carbocycles. The first-order chi connectivity index (χ1) is 14.3. The van der Waals surface area contributed by atoms with E-state index in [4.69, 9.17) is 16.6 Å². The van der Waals surface area contributed by atoms with Gasteiger partial charge in [0.1, 0.15) is 0 Å².